The highest BCUT2D eigenvalue weighted by atomic mass is 35.5. The van der Waals surface area contributed by atoms with E-state index in [0.29, 0.717) is 23.8 Å². The third kappa shape index (κ3) is 11.0. The van der Waals surface area contributed by atoms with Gasteiger partial charge in [0.1, 0.15) is 29.0 Å². The number of thiazole rings is 1. The van der Waals surface area contributed by atoms with E-state index >= 15 is 0 Å². The summed E-state index contributed by atoms with van der Waals surface area (Å²) in [4.78, 5) is 71.9. The highest BCUT2D eigenvalue weighted by molar-refractivity contribution is 7.15. The smallest absolute Gasteiger partial charge is 0.246 e. The molecule has 9 rings (SSSR count). The molecule has 3 aromatic carbocycles. The third-order valence-corrected chi connectivity index (χ3v) is 16.8. The Morgan fingerprint density at radius 1 is 0.890 bits per heavy atom. The molecule has 15 nitrogen and oxygen atoms in total. The summed E-state index contributed by atoms with van der Waals surface area (Å²) in [5.41, 5.74) is 9.78. The van der Waals surface area contributed by atoms with E-state index in [0.717, 1.165) is 79.1 Å². The number of nitrogens with zero attached hydrogens (tertiary/aromatic N) is 7. The molecule has 73 heavy (non-hydrogen) atoms. The number of nitrogens with one attached hydrogen (secondary N) is 3. The van der Waals surface area contributed by atoms with Gasteiger partial charge in [-0.3, -0.25) is 28.7 Å². The molecule has 6 aromatic rings. The van der Waals surface area contributed by atoms with Gasteiger partial charge in [-0.1, -0.05) is 80.9 Å². The Morgan fingerprint density at radius 2 is 1.60 bits per heavy atom. The summed E-state index contributed by atoms with van der Waals surface area (Å²) in [7, 11) is 1.59. The summed E-state index contributed by atoms with van der Waals surface area (Å²) in [5, 5.41) is 20.1. The number of rotatable bonds is 14. The van der Waals surface area contributed by atoms with E-state index in [-0.39, 0.29) is 61.2 Å². The molecule has 4 amide bonds. The van der Waals surface area contributed by atoms with E-state index in [1.54, 1.807) is 34.7 Å². The van der Waals surface area contributed by atoms with Crippen LogP contribution in [0.4, 0.5) is 5.69 Å². The van der Waals surface area contributed by atoms with Crippen molar-refractivity contribution in [2.24, 2.45) is 10.4 Å². The number of amides is 4. The molecule has 6 heterocycles. The maximum Gasteiger partial charge on any atom is 0.246 e. The Balaban J connectivity index is 0.806. The van der Waals surface area contributed by atoms with Crippen molar-refractivity contribution in [2.45, 2.75) is 117 Å². The number of thiophene rings is 1. The van der Waals surface area contributed by atoms with Crippen LogP contribution in [0.1, 0.15) is 109 Å². The zero-order chi connectivity index (χ0) is 51.9. The highest BCUT2D eigenvalue weighted by Gasteiger charge is 2.45. The van der Waals surface area contributed by atoms with Crippen LogP contribution in [0.2, 0.25) is 5.02 Å². The van der Waals surface area contributed by atoms with Crippen LogP contribution in [0.3, 0.4) is 0 Å². The fraction of sp³-hybridized carbons (Fsp3) is 0.418. The molecule has 1 unspecified atom stereocenters. The zero-order valence-electron chi connectivity index (χ0n) is 42.8. The lowest BCUT2D eigenvalue weighted by atomic mass is 9.85. The molecule has 0 saturated carbocycles. The van der Waals surface area contributed by atoms with Crippen LogP contribution in [-0.2, 0) is 30.3 Å². The number of hydrogen-bond acceptors (Lipinski definition) is 12. The number of benzene rings is 3. The number of halogens is 1. The second kappa shape index (κ2) is 21.3. The van der Waals surface area contributed by atoms with Crippen LogP contribution in [0, 0.1) is 33.1 Å². The Morgan fingerprint density at radius 3 is 2.27 bits per heavy atom. The van der Waals surface area contributed by atoms with Gasteiger partial charge in [0, 0.05) is 65.9 Å². The lowest BCUT2D eigenvalue weighted by molar-refractivity contribution is -0.144. The minimum atomic E-state index is -0.897. The Bertz CT molecular complexity index is 3050. The Hall–Kier alpha value is -6.27. The molecule has 3 N–H and O–H groups in total. The van der Waals surface area contributed by atoms with E-state index in [9.17, 15) is 19.2 Å². The molecule has 2 fully saturated rings. The number of carbonyl (C=O) groups excluding carboxylic acids is 4. The first kappa shape index (κ1) is 51.6. The van der Waals surface area contributed by atoms with E-state index in [1.165, 1.54) is 4.88 Å². The minimum Gasteiger partial charge on any atom is -0.380 e. The number of hydrogen-bond donors (Lipinski definition) is 3. The number of ether oxygens (including phenoxy) is 1. The predicted molar refractivity (Wildman–Crippen MR) is 288 cm³/mol. The van der Waals surface area contributed by atoms with Gasteiger partial charge in [-0.2, -0.15) is 0 Å². The van der Waals surface area contributed by atoms with Crippen LogP contribution < -0.4 is 20.9 Å². The molecule has 0 spiro atoms. The number of anilines is 1. The van der Waals surface area contributed by atoms with Gasteiger partial charge in [-0.15, -0.1) is 32.9 Å². The number of fused-ring (bicyclic) bond motifs is 3. The lowest BCUT2D eigenvalue weighted by Crippen LogP contribution is -2.58. The predicted octanol–water partition coefficient (Wildman–Crippen LogP) is 8.58. The minimum absolute atomic E-state index is 0.0611. The Kier molecular flexibility index (Phi) is 15.1. The van der Waals surface area contributed by atoms with Crippen molar-refractivity contribution in [3.05, 3.63) is 133 Å². The Labute approximate surface area is 439 Å². The molecule has 0 aliphatic carbocycles. The number of likely N-dealkylation sites (tertiary alicyclic amines) is 1. The van der Waals surface area contributed by atoms with Crippen molar-refractivity contribution in [3.8, 4) is 15.4 Å². The third-order valence-electron chi connectivity index (χ3n) is 14.3. The topological polar surface area (TPSA) is 176 Å². The van der Waals surface area contributed by atoms with Crippen LogP contribution in [-0.4, -0.2) is 105 Å². The molecule has 3 aliphatic rings. The lowest BCUT2D eigenvalue weighted by Gasteiger charge is -2.35. The second-order valence-electron chi connectivity index (χ2n) is 20.5. The summed E-state index contributed by atoms with van der Waals surface area (Å²) in [6, 6.07) is 20.9. The standard InChI is InChI=1S/C55H63ClN10O5S2/c1-30-33(4)73-54-47(30)48(37-16-18-39(56)19-17-37)60-43(51-63-62-34(5)66(51)54)26-46(68)59-40-22-23-64(27-40)41-20-10-35(11-21-41)24-45(67)61-50(55(6,7)8)53(70)65-28-42(71-9)25-44(65)52(69)58-31(2)36-12-14-38(15-13-36)49-32(3)57-29-72-49/h10-21,29,31,40,42-44,50H,22-28H2,1-9H3,(H,58,69)(H,59,68)(H,61,67)/t31-,40+,42+,43-,44-,50?/m0/s1. The van der Waals surface area contributed by atoms with Gasteiger partial charge in [0.15, 0.2) is 5.82 Å². The number of aromatic nitrogens is 4. The molecule has 3 aromatic heterocycles. The van der Waals surface area contributed by atoms with Gasteiger partial charge < -0.3 is 30.5 Å². The fourth-order valence-electron chi connectivity index (χ4n) is 10.1. The van der Waals surface area contributed by atoms with E-state index in [4.69, 9.17) is 21.3 Å². The van der Waals surface area contributed by atoms with Gasteiger partial charge in [0.2, 0.25) is 23.6 Å². The molecule has 382 valence electrons. The fourth-order valence-corrected chi connectivity index (χ4v) is 12.3. The average Bonchev–Trinajstić information content (AvgIpc) is 4.21. The monoisotopic (exact) mass is 1040 g/mol. The van der Waals surface area contributed by atoms with E-state index < -0.39 is 23.5 Å². The van der Waals surface area contributed by atoms with Crippen molar-refractivity contribution in [2.75, 3.05) is 31.6 Å². The van der Waals surface area contributed by atoms with Crippen molar-refractivity contribution in [1.82, 2.24) is 40.6 Å². The number of methoxy groups -OCH3 is 1. The van der Waals surface area contributed by atoms with Gasteiger partial charge in [-0.25, -0.2) is 4.98 Å². The molecular formula is C55H63ClN10O5S2. The number of carbonyl (C=O) groups is 4. The van der Waals surface area contributed by atoms with Crippen LogP contribution in [0.25, 0.3) is 15.4 Å². The first-order valence-corrected chi connectivity index (χ1v) is 26.9. The summed E-state index contributed by atoms with van der Waals surface area (Å²) in [6.45, 7) is 17.4. The van der Waals surface area contributed by atoms with Crippen LogP contribution in [0.15, 0.2) is 83.3 Å². The maximum atomic E-state index is 14.5. The quantitative estimate of drug-likeness (QED) is 0.0965. The largest absolute Gasteiger partial charge is 0.380 e. The van der Waals surface area contributed by atoms with Crippen molar-refractivity contribution in [3.63, 3.8) is 0 Å². The van der Waals surface area contributed by atoms with Crippen LogP contribution in [0.5, 0.6) is 0 Å². The number of aryl methyl sites for hydroxylation is 3. The molecule has 3 aliphatic heterocycles. The summed E-state index contributed by atoms with van der Waals surface area (Å²) in [5.74, 6) is 0.353. The van der Waals surface area contributed by atoms with Crippen molar-refractivity contribution in [1.29, 1.82) is 0 Å². The SMILES string of the molecule is CO[C@@H]1C[C@@H](C(=O)N[C@@H](C)c2ccc(-c3scnc3C)cc2)N(C(=O)C(NC(=O)Cc2ccc(N3CC[C@@H](NC(=O)C[C@@H]4N=C(c5ccc(Cl)cc5)c5c(sc(C)c5C)-n5c(C)nnc54)C3)cc2)C(C)(C)C)C1. The van der Waals surface area contributed by atoms with Gasteiger partial charge in [-0.05, 0) is 93.0 Å². The maximum absolute atomic E-state index is 14.5. The zero-order valence-corrected chi connectivity index (χ0v) is 45.2. The van der Waals surface area contributed by atoms with E-state index in [1.807, 2.05) is 120 Å². The molecule has 6 atom stereocenters. The molecule has 18 heteroatoms. The summed E-state index contributed by atoms with van der Waals surface area (Å²) in [6.07, 6.45) is 0.935. The normalized spacial score (nSPS) is 19.4. The first-order chi connectivity index (χ1) is 34.9. The molecule has 2 saturated heterocycles. The molecule has 0 radical (unpaired) electrons. The number of aliphatic imine (C=N–C) groups is 1. The van der Waals surface area contributed by atoms with Gasteiger partial charge >= 0.3 is 0 Å². The second-order valence-corrected chi connectivity index (χ2v) is 23.0. The first-order valence-electron chi connectivity index (χ1n) is 24.8. The highest BCUT2D eigenvalue weighted by Crippen LogP contribution is 2.40. The summed E-state index contributed by atoms with van der Waals surface area (Å²) < 4.78 is 7.74. The average molecular weight is 1040 g/mol. The molecular weight excluding hydrogens is 980 g/mol. The van der Waals surface area contributed by atoms with Gasteiger partial charge in [0.05, 0.1) is 46.8 Å². The van der Waals surface area contributed by atoms with Crippen molar-refractivity contribution < 1.29 is 23.9 Å². The van der Waals surface area contributed by atoms with Gasteiger partial charge in [0.25, 0.3) is 0 Å². The summed E-state index contributed by atoms with van der Waals surface area (Å²) >= 11 is 9.56. The van der Waals surface area contributed by atoms with Crippen molar-refractivity contribution >= 4 is 69.3 Å². The molecule has 0 bridgehead atoms. The van der Waals surface area contributed by atoms with Crippen LogP contribution >= 0.6 is 34.3 Å². The van der Waals surface area contributed by atoms with E-state index in [2.05, 4.69) is 54.4 Å².